The number of rotatable bonds is 4. The minimum absolute atomic E-state index is 0.0125. The van der Waals surface area contributed by atoms with E-state index in [0.717, 1.165) is 18.6 Å². The van der Waals surface area contributed by atoms with E-state index in [1.54, 1.807) is 6.07 Å². The van der Waals surface area contributed by atoms with Crippen LogP contribution in [-0.2, 0) is 11.3 Å². The molecule has 4 heteroatoms. The Hall–Kier alpha value is -1.13. The lowest BCUT2D eigenvalue weighted by molar-refractivity contribution is 0.193. The molecule has 1 heterocycles. The van der Waals surface area contributed by atoms with Crippen LogP contribution >= 0.6 is 0 Å². The summed E-state index contributed by atoms with van der Waals surface area (Å²) in [6.07, 6.45) is 0.955. The Morgan fingerprint density at radius 3 is 2.75 bits per heavy atom. The summed E-state index contributed by atoms with van der Waals surface area (Å²) in [5.74, 6) is -0.160. The topological polar surface area (TPSA) is 24.5 Å². The first-order valence-electron chi connectivity index (χ1n) is 7.21. The van der Waals surface area contributed by atoms with Crippen LogP contribution in [0, 0.1) is 5.82 Å². The van der Waals surface area contributed by atoms with Gasteiger partial charge in [-0.3, -0.25) is 0 Å². The second-order valence-electron chi connectivity index (χ2n) is 6.48. The van der Waals surface area contributed by atoms with Crippen LogP contribution in [0.2, 0.25) is 0 Å². The summed E-state index contributed by atoms with van der Waals surface area (Å²) in [6, 6.07) is 5.56. The van der Waals surface area contributed by atoms with Gasteiger partial charge in [-0.15, -0.1) is 0 Å². The highest BCUT2D eigenvalue weighted by Gasteiger charge is 2.24. The maximum atomic E-state index is 14.3. The molecule has 1 aromatic rings. The third-order valence-corrected chi connectivity index (χ3v) is 3.69. The maximum Gasteiger partial charge on any atom is 0.146 e. The first-order valence-corrected chi connectivity index (χ1v) is 7.21. The molecule has 1 aromatic carbocycles. The monoisotopic (exact) mass is 280 g/mol. The molecule has 112 valence electrons. The van der Waals surface area contributed by atoms with E-state index in [4.69, 9.17) is 4.74 Å². The third kappa shape index (κ3) is 3.70. The van der Waals surface area contributed by atoms with Crippen molar-refractivity contribution in [1.29, 1.82) is 0 Å². The zero-order valence-electron chi connectivity index (χ0n) is 12.9. The van der Waals surface area contributed by atoms with Gasteiger partial charge in [0.2, 0.25) is 0 Å². The summed E-state index contributed by atoms with van der Waals surface area (Å²) in [6.45, 7) is 8.44. The molecule has 2 rings (SSSR count). The quantitative estimate of drug-likeness (QED) is 0.917. The van der Waals surface area contributed by atoms with Crippen molar-refractivity contribution in [2.45, 2.75) is 45.3 Å². The van der Waals surface area contributed by atoms with Crippen molar-refractivity contribution in [3.05, 3.63) is 29.6 Å². The van der Waals surface area contributed by atoms with E-state index in [0.29, 0.717) is 18.8 Å². The lowest BCUT2D eigenvalue weighted by Gasteiger charge is -2.29. The summed E-state index contributed by atoms with van der Waals surface area (Å²) in [5, 5.41) is 3.43. The molecule has 1 atom stereocenters. The molecule has 1 N–H and O–H groups in total. The van der Waals surface area contributed by atoms with Crippen LogP contribution in [-0.4, -0.2) is 31.8 Å². The molecule has 3 nitrogen and oxygen atoms in total. The van der Waals surface area contributed by atoms with Crippen LogP contribution in [0.25, 0.3) is 0 Å². The Labute approximate surface area is 121 Å². The van der Waals surface area contributed by atoms with E-state index in [-0.39, 0.29) is 17.4 Å². The number of hydrogen-bond donors (Lipinski definition) is 1. The highest BCUT2D eigenvalue weighted by molar-refractivity contribution is 5.55. The van der Waals surface area contributed by atoms with Crippen LogP contribution < -0.4 is 10.2 Å². The number of anilines is 1. The van der Waals surface area contributed by atoms with Crippen molar-refractivity contribution < 1.29 is 9.13 Å². The molecular formula is C16H25FN2O. The zero-order valence-corrected chi connectivity index (χ0v) is 12.9. The molecule has 0 aromatic heterocycles. The fraction of sp³-hybridized carbons (Fsp3) is 0.625. The van der Waals surface area contributed by atoms with Crippen molar-refractivity contribution >= 4 is 5.69 Å². The van der Waals surface area contributed by atoms with E-state index < -0.39 is 0 Å². The third-order valence-electron chi connectivity index (χ3n) is 3.69. The summed E-state index contributed by atoms with van der Waals surface area (Å²) in [7, 11) is 1.96. The van der Waals surface area contributed by atoms with Crippen molar-refractivity contribution in [2.75, 3.05) is 25.2 Å². The second-order valence-corrected chi connectivity index (χ2v) is 6.48. The van der Waals surface area contributed by atoms with Crippen LogP contribution in [0.3, 0.4) is 0 Å². The van der Waals surface area contributed by atoms with Gasteiger partial charge in [-0.1, -0.05) is 12.1 Å². The molecule has 1 aliphatic heterocycles. The summed E-state index contributed by atoms with van der Waals surface area (Å²) in [4.78, 5) is 2.03. The molecule has 1 saturated heterocycles. The number of ether oxygens (including phenoxy) is 1. The van der Waals surface area contributed by atoms with Crippen molar-refractivity contribution in [2.24, 2.45) is 0 Å². The molecule has 0 amide bonds. The average Bonchev–Trinajstić information content (AvgIpc) is 2.88. The Bertz CT molecular complexity index is 450. The van der Waals surface area contributed by atoms with E-state index >= 15 is 0 Å². The molecule has 0 saturated carbocycles. The van der Waals surface area contributed by atoms with Gasteiger partial charge < -0.3 is 15.0 Å². The van der Waals surface area contributed by atoms with Gasteiger partial charge in [-0.2, -0.15) is 0 Å². The molecule has 0 spiro atoms. The molecule has 0 radical (unpaired) electrons. The fourth-order valence-corrected chi connectivity index (χ4v) is 2.47. The van der Waals surface area contributed by atoms with Crippen LogP contribution in [0.1, 0.15) is 32.8 Å². The summed E-state index contributed by atoms with van der Waals surface area (Å²) in [5.41, 5.74) is 1.70. The molecule has 1 fully saturated rings. The predicted octanol–water partition coefficient (Wildman–Crippen LogP) is 2.94. The Morgan fingerprint density at radius 1 is 1.40 bits per heavy atom. The van der Waals surface area contributed by atoms with E-state index in [1.165, 1.54) is 6.07 Å². The van der Waals surface area contributed by atoms with Crippen molar-refractivity contribution in [3.8, 4) is 0 Å². The average molecular weight is 280 g/mol. The molecule has 0 aliphatic carbocycles. The van der Waals surface area contributed by atoms with Crippen LogP contribution in [0.5, 0.6) is 0 Å². The molecule has 0 bridgehead atoms. The lowest BCUT2D eigenvalue weighted by Crippen LogP contribution is -2.37. The highest BCUT2D eigenvalue weighted by Crippen LogP contribution is 2.27. The number of halogens is 1. The van der Waals surface area contributed by atoms with Gasteiger partial charge in [0, 0.05) is 25.7 Å². The maximum absolute atomic E-state index is 14.3. The van der Waals surface area contributed by atoms with Gasteiger partial charge in [0.15, 0.2) is 0 Å². The fourth-order valence-electron chi connectivity index (χ4n) is 2.47. The Kier molecular flexibility index (Phi) is 4.66. The number of benzene rings is 1. The summed E-state index contributed by atoms with van der Waals surface area (Å²) >= 11 is 0. The van der Waals surface area contributed by atoms with E-state index in [2.05, 4.69) is 26.1 Å². The van der Waals surface area contributed by atoms with E-state index in [9.17, 15) is 4.39 Å². The largest absolute Gasteiger partial charge is 0.379 e. The second kappa shape index (κ2) is 6.10. The number of nitrogens with one attached hydrogen (secondary N) is 1. The lowest BCUT2D eigenvalue weighted by atomic mass is 10.1. The molecular weight excluding hydrogens is 255 g/mol. The van der Waals surface area contributed by atoms with Gasteiger partial charge in [0.1, 0.15) is 5.82 Å². The SMILES string of the molecule is CN(c1c(F)cccc1CNC(C)(C)C)C1CCOC1. The van der Waals surface area contributed by atoms with Gasteiger partial charge >= 0.3 is 0 Å². The minimum Gasteiger partial charge on any atom is -0.379 e. The number of para-hydroxylation sites is 1. The van der Waals surface area contributed by atoms with Crippen LogP contribution in [0.15, 0.2) is 18.2 Å². The number of nitrogens with zero attached hydrogens (tertiary/aromatic N) is 1. The number of hydrogen-bond acceptors (Lipinski definition) is 3. The van der Waals surface area contributed by atoms with Crippen molar-refractivity contribution in [3.63, 3.8) is 0 Å². The van der Waals surface area contributed by atoms with E-state index in [1.807, 2.05) is 18.0 Å². The standard InChI is InChI=1S/C16H25FN2O/c1-16(2,3)18-10-12-6-5-7-14(17)15(12)19(4)13-8-9-20-11-13/h5-7,13,18H,8-11H2,1-4H3. The highest BCUT2D eigenvalue weighted by atomic mass is 19.1. The normalized spacial score (nSPS) is 19.4. The van der Waals surface area contributed by atoms with Gasteiger partial charge in [-0.25, -0.2) is 4.39 Å². The first kappa shape index (κ1) is 15.3. The van der Waals surface area contributed by atoms with Crippen molar-refractivity contribution in [1.82, 2.24) is 5.32 Å². The molecule has 20 heavy (non-hydrogen) atoms. The van der Waals surface area contributed by atoms with Crippen LogP contribution in [0.4, 0.5) is 10.1 Å². The molecule has 1 aliphatic rings. The smallest absolute Gasteiger partial charge is 0.146 e. The number of likely N-dealkylation sites (N-methyl/N-ethyl adjacent to an activating group) is 1. The Balaban J connectivity index is 2.21. The predicted molar refractivity (Wildman–Crippen MR) is 80.6 cm³/mol. The van der Waals surface area contributed by atoms with Gasteiger partial charge in [-0.05, 0) is 38.8 Å². The first-order chi connectivity index (χ1) is 9.38. The Morgan fingerprint density at radius 2 is 2.15 bits per heavy atom. The zero-order chi connectivity index (χ0) is 14.8. The van der Waals surface area contributed by atoms with Gasteiger partial charge in [0.25, 0.3) is 0 Å². The molecule has 1 unspecified atom stereocenters. The summed E-state index contributed by atoms with van der Waals surface area (Å²) < 4.78 is 19.7. The minimum atomic E-state index is -0.160. The van der Waals surface area contributed by atoms with Gasteiger partial charge in [0.05, 0.1) is 18.3 Å².